The Morgan fingerprint density at radius 2 is 1.63 bits per heavy atom. The molecule has 0 unspecified atom stereocenters. The molecule has 9 heteroatoms. The van der Waals surface area contributed by atoms with Gasteiger partial charge in [-0.3, -0.25) is 4.79 Å². The van der Waals surface area contributed by atoms with Gasteiger partial charge in [0.15, 0.2) is 12.4 Å². The number of amides is 1. The van der Waals surface area contributed by atoms with Crippen LogP contribution in [0.2, 0.25) is 10.0 Å². The summed E-state index contributed by atoms with van der Waals surface area (Å²) >= 11 is 16.8. The molecule has 0 aliphatic carbocycles. The highest BCUT2D eigenvalue weighted by Gasteiger charge is 2.18. The van der Waals surface area contributed by atoms with E-state index in [1.165, 1.54) is 28.7 Å². The van der Waals surface area contributed by atoms with E-state index in [4.69, 9.17) is 32.7 Å². The standard InChI is InChI=1S/C29H24Cl2N2O3S2/c30-25-14-20(15-26(31)28(25)36-17-19-5-6-21-3-1-2-4-23(21)13-19)16-32-33-27(34)18-35-24-9-7-22(8-10-24)29-37-11-12-38-29/h1-10,13-16,29H,11-12,17-18H2,(H,33,34)/b32-16-. The minimum Gasteiger partial charge on any atom is -0.486 e. The number of hydrogen-bond donors (Lipinski definition) is 1. The van der Waals surface area contributed by atoms with Crippen LogP contribution in [0, 0.1) is 0 Å². The second-order valence-electron chi connectivity index (χ2n) is 8.51. The Morgan fingerprint density at radius 3 is 2.37 bits per heavy atom. The molecule has 1 amide bonds. The number of benzene rings is 4. The van der Waals surface area contributed by atoms with Gasteiger partial charge in [0.05, 0.1) is 20.8 Å². The van der Waals surface area contributed by atoms with Gasteiger partial charge < -0.3 is 9.47 Å². The normalized spacial score (nSPS) is 13.7. The predicted octanol–water partition coefficient (Wildman–Crippen LogP) is 7.73. The predicted molar refractivity (Wildman–Crippen MR) is 160 cm³/mol. The molecule has 0 saturated carbocycles. The summed E-state index contributed by atoms with van der Waals surface area (Å²) in [6, 6.07) is 25.5. The zero-order chi connectivity index (χ0) is 26.3. The van der Waals surface area contributed by atoms with Crippen LogP contribution in [-0.2, 0) is 11.4 Å². The van der Waals surface area contributed by atoms with Crippen molar-refractivity contribution in [2.75, 3.05) is 18.1 Å². The number of hydrogen-bond acceptors (Lipinski definition) is 6. The van der Waals surface area contributed by atoms with E-state index in [9.17, 15) is 4.79 Å². The van der Waals surface area contributed by atoms with Gasteiger partial charge in [-0.1, -0.05) is 71.7 Å². The van der Waals surface area contributed by atoms with Crippen LogP contribution in [0.3, 0.4) is 0 Å². The van der Waals surface area contributed by atoms with Gasteiger partial charge in [0.25, 0.3) is 5.91 Å². The molecule has 5 nitrogen and oxygen atoms in total. The molecule has 0 aromatic heterocycles. The first-order chi connectivity index (χ1) is 18.5. The summed E-state index contributed by atoms with van der Waals surface area (Å²) in [6.45, 7) is 0.182. The summed E-state index contributed by atoms with van der Waals surface area (Å²) in [6.07, 6.45) is 1.47. The van der Waals surface area contributed by atoms with E-state index in [1.54, 1.807) is 12.1 Å². The Kier molecular flexibility index (Phi) is 9.02. The molecule has 1 N–H and O–H groups in total. The van der Waals surface area contributed by atoms with Crippen molar-refractivity contribution in [3.05, 3.63) is 106 Å². The lowest BCUT2D eigenvalue weighted by molar-refractivity contribution is -0.123. The van der Waals surface area contributed by atoms with Crippen LogP contribution in [-0.4, -0.2) is 30.2 Å². The second-order valence-corrected chi connectivity index (χ2v) is 12.0. The van der Waals surface area contributed by atoms with Crippen LogP contribution in [0.25, 0.3) is 10.8 Å². The molecule has 0 radical (unpaired) electrons. The van der Waals surface area contributed by atoms with Crippen molar-refractivity contribution in [1.29, 1.82) is 0 Å². The lowest BCUT2D eigenvalue weighted by Gasteiger charge is -2.11. The first kappa shape index (κ1) is 26.8. The van der Waals surface area contributed by atoms with Crippen molar-refractivity contribution in [1.82, 2.24) is 5.43 Å². The van der Waals surface area contributed by atoms with Gasteiger partial charge in [-0.15, -0.1) is 23.5 Å². The van der Waals surface area contributed by atoms with E-state index in [0.717, 1.165) is 10.9 Å². The molecule has 38 heavy (non-hydrogen) atoms. The van der Waals surface area contributed by atoms with Crippen molar-refractivity contribution in [3.63, 3.8) is 0 Å². The third-order valence-electron chi connectivity index (χ3n) is 5.76. The first-order valence-electron chi connectivity index (χ1n) is 11.9. The quantitative estimate of drug-likeness (QED) is 0.161. The fraction of sp³-hybridized carbons (Fsp3) is 0.172. The van der Waals surface area contributed by atoms with Gasteiger partial charge in [-0.25, -0.2) is 5.43 Å². The Morgan fingerprint density at radius 1 is 0.921 bits per heavy atom. The number of rotatable bonds is 9. The molecule has 0 spiro atoms. The van der Waals surface area contributed by atoms with E-state index in [2.05, 4.69) is 34.8 Å². The molecule has 4 aromatic carbocycles. The number of carbonyl (C=O) groups excluding carboxylic acids is 1. The van der Waals surface area contributed by atoms with Crippen molar-refractivity contribution >= 4 is 69.6 Å². The van der Waals surface area contributed by atoms with E-state index >= 15 is 0 Å². The maximum atomic E-state index is 12.1. The molecular formula is C29H24Cl2N2O3S2. The largest absolute Gasteiger partial charge is 0.486 e. The number of thioether (sulfide) groups is 2. The monoisotopic (exact) mass is 582 g/mol. The zero-order valence-corrected chi connectivity index (χ0v) is 23.4. The third kappa shape index (κ3) is 6.97. The highest BCUT2D eigenvalue weighted by Crippen LogP contribution is 2.45. The fourth-order valence-corrected chi connectivity index (χ4v) is 7.38. The average molecular weight is 584 g/mol. The summed E-state index contributed by atoms with van der Waals surface area (Å²) in [4.78, 5) is 12.1. The fourth-order valence-electron chi connectivity index (χ4n) is 3.91. The smallest absolute Gasteiger partial charge is 0.277 e. The second kappa shape index (κ2) is 12.8. The summed E-state index contributed by atoms with van der Waals surface area (Å²) in [7, 11) is 0. The van der Waals surface area contributed by atoms with Crippen LogP contribution < -0.4 is 14.9 Å². The van der Waals surface area contributed by atoms with E-state index in [0.29, 0.717) is 38.3 Å². The van der Waals surface area contributed by atoms with Gasteiger partial charge >= 0.3 is 0 Å². The molecule has 1 heterocycles. The highest BCUT2D eigenvalue weighted by molar-refractivity contribution is 8.19. The Hall–Kier alpha value is -2.84. The Labute approximate surface area is 239 Å². The summed E-state index contributed by atoms with van der Waals surface area (Å²) in [5.74, 6) is 3.01. The number of carbonyl (C=O) groups is 1. The number of fused-ring (bicyclic) bond motifs is 1. The molecule has 1 aliphatic rings. The maximum absolute atomic E-state index is 12.1. The lowest BCUT2D eigenvalue weighted by Crippen LogP contribution is -2.24. The molecule has 1 fully saturated rings. The molecule has 5 rings (SSSR count). The summed E-state index contributed by atoms with van der Waals surface area (Å²) in [5, 5.41) is 7.00. The van der Waals surface area contributed by atoms with Crippen molar-refractivity contribution < 1.29 is 14.3 Å². The van der Waals surface area contributed by atoms with Crippen molar-refractivity contribution in [2.45, 2.75) is 11.2 Å². The topological polar surface area (TPSA) is 59.9 Å². The highest BCUT2D eigenvalue weighted by atomic mass is 35.5. The number of ether oxygens (including phenoxy) is 2. The van der Waals surface area contributed by atoms with Crippen LogP contribution in [0.4, 0.5) is 0 Å². The SMILES string of the molecule is O=C(COc1ccc(C2SCCS2)cc1)N/N=C\c1cc(Cl)c(OCc2ccc3ccccc3c2)c(Cl)c1. The maximum Gasteiger partial charge on any atom is 0.277 e. The molecule has 4 aromatic rings. The number of nitrogens with one attached hydrogen (secondary N) is 1. The van der Waals surface area contributed by atoms with E-state index in [-0.39, 0.29) is 12.5 Å². The van der Waals surface area contributed by atoms with E-state index < -0.39 is 0 Å². The molecule has 0 bridgehead atoms. The molecule has 0 atom stereocenters. The van der Waals surface area contributed by atoms with Crippen molar-refractivity contribution in [3.8, 4) is 11.5 Å². The average Bonchev–Trinajstić information content (AvgIpc) is 3.47. The Balaban J connectivity index is 1.11. The van der Waals surface area contributed by atoms with Gasteiger partial charge in [0.1, 0.15) is 12.4 Å². The van der Waals surface area contributed by atoms with Crippen LogP contribution in [0.15, 0.2) is 84.0 Å². The van der Waals surface area contributed by atoms with E-state index in [1.807, 2.05) is 66.0 Å². The minimum atomic E-state index is -0.375. The van der Waals surface area contributed by atoms with Crippen LogP contribution >= 0.6 is 46.7 Å². The lowest BCUT2D eigenvalue weighted by atomic mass is 10.1. The zero-order valence-electron chi connectivity index (χ0n) is 20.2. The van der Waals surface area contributed by atoms with Gasteiger partial charge in [-0.05, 0) is 57.8 Å². The number of nitrogens with zero attached hydrogens (tertiary/aromatic N) is 1. The third-order valence-corrected chi connectivity index (χ3v) is 9.43. The number of hydrazone groups is 1. The molecule has 194 valence electrons. The molecular weight excluding hydrogens is 559 g/mol. The Bertz CT molecular complexity index is 1440. The molecule has 1 saturated heterocycles. The summed E-state index contributed by atoms with van der Waals surface area (Å²) in [5.41, 5.74) is 5.35. The van der Waals surface area contributed by atoms with Crippen LogP contribution in [0.1, 0.15) is 21.3 Å². The summed E-state index contributed by atoms with van der Waals surface area (Å²) < 4.78 is 12.0. The van der Waals surface area contributed by atoms with Gasteiger partial charge in [0, 0.05) is 11.5 Å². The molecule has 1 aliphatic heterocycles. The minimum absolute atomic E-state index is 0.146. The number of halogens is 2. The van der Waals surface area contributed by atoms with Gasteiger partial charge in [0.2, 0.25) is 0 Å². The first-order valence-corrected chi connectivity index (χ1v) is 14.8. The van der Waals surface area contributed by atoms with Crippen LogP contribution in [0.5, 0.6) is 11.5 Å². The van der Waals surface area contributed by atoms with Gasteiger partial charge in [-0.2, -0.15) is 5.10 Å². The van der Waals surface area contributed by atoms with Crippen molar-refractivity contribution in [2.24, 2.45) is 5.10 Å².